The molecule has 0 saturated carbocycles. The van der Waals surface area contributed by atoms with Crippen molar-refractivity contribution in [3.63, 3.8) is 0 Å². The fourth-order valence-corrected chi connectivity index (χ4v) is 1.09. The second-order valence-corrected chi connectivity index (χ2v) is 2.63. The number of carboxylic acid groups (broad SMARTS) is 1. The van der Waals surface area contributed by atoms with Gasteiger partial charge in [0.2, 0.25) is 0 Å². The molecule has 0 aromatic carbocycles. The number of hydrogen-bond acceptors (Lipinski definition) is 4. The number of ether oxygens (including phenoxy) is 1. The van der Waals surface area contributed by atoms with E-state index in [4.69, 9.17) is 20.7 Å². The maximum atomic E-state index is 10.3. The van der Waals surface area contributed by atoms with E-state index in [-0.39, 0.29) is 13.2 Å². The molecule has 0 aliphatic carbocycles. The van der Waals surface area contributed by atoms with E-state index in [1.165, 1.54) is 0 Å². The van der Waals surface area contributed by atoms with Gasteiger partial charge in [-0.25, -0.2) is 0 Å². The van der Waals surface area contributed by atoms with E-state index in [1.807, 2.05) is 0 Å². The highest BCUT2D eigenvalue weighted by Gasteiger charge is 2.35. The van der Waals surface area contributed by atoms with Crippen LogP contribution in [-0.2, 0) is 9.53 Å². The number of rotatable bonds is 2. The average Bonchev–Trinajstić information content (AvgIpc) is 2.33. The van der Waals surface area contributed by atoms with E-state index in [1.54, 1.807) is 0 Å². The maximum Gasteiger partial charge on any atom is 0.320 e. The summed E-state index contributed by atoms with van der Waals surface area (Å²) >= 11 is 0. The maximum absolute atomic E-state index is 10.3. The molecular formula is C6H11NO4. The summed E-state index contributed by atoms with van der Waals surface area (Å²) in [5.41, 5.74) is 5.27. The van der Waals surface area contributed by atoms with Crippen LogP contribution in [0.25, 0.3) is 0 Å². The van der Waals surface area contributed by atoms with Crippen molar-refractivity contribution in [2.45, 2.75) is 12.1 Å². The Hall–Kier alpha value is -0.650. The third-order valence-corrected chi connectivity index (χ3v) is 1.84. The van der Waals surface area contributed by atoms with Gasteiger partial charge < -0.3 is 20.7 Å². The van der Waals surface area contributed by atoms with Gasteiger partial charge in [0, 0.05) is 5.92 Å². The van der Waals surface area contributed by atoms with Crippen LogP contribution >= 0.6 is 0 Å². The van der Waals surface area contributed by atoms with E-state index in [0.29, 0.717) is 0 Å². The van der Waals surface area contributed by atoms with Gasteiger partial charge in [0.15, 0.2) is 0 Å². The first kappa shape index (κ1) is 8.45. The molecule has 5 nitrogen and oxygen atoms in total. The van der Waals surface area contributed by atoms with Gasteiger partial charge >= 0.3 is 5.97 Å². The van der Waals surface area contributed by atoms with Crippen LogP contribution in [0.15, 0.2) is 0 Å². The summed E-state index contributed by atoms with van der Waals surface area (Å²) in [6.45, 7) is 0.417. The number of hydrogen-bond donors (Lipinski definition) is 3. The van der Waals surface area contributed by atoms with E-state index in [0.717, 1.165) is 0 Å². The van der Waals surface area contributed by atoms with Crippen LogP contribution in [0.2, 0.25) is 0 Å². The highest BCUT2D eigenvalue weighted by Crippen LogP contribution is 2.16. The topological polar surface area (TPSA) is 92.8 Å². The summed E-state index contributed by atoms with van der Waals surface area (Å²) in [5, 5.41) is 17.6. The lowest BCUT2D eigenvalue weighted by Gasteiger charge is -2.15. The fraction of sp³-hybridized carbons (Fsp3) is 0.833. The Kier molecular flexibility index (Phi) is 2.43. The van der Waals surface area contributed by atoms with Gasteiger partial charge in [-0.3, -0.25) is 4.79 Å². The number of aliphatic hydroxyl groups excluding tert-OH is 1. The Balaban J connectivity index is 2.52. The molecule has 0 aromatic heterocycles. The van der Waals surface area contributed by atoms with Crippen molar-refractivity contribution in [1.29, 1.82) is 0 Å². The fourth-order valence-electron chi connectivity index (χ4n) is 1.09. The number of carbonyl (C=O) groups is 1. The lowest BCUT2D eigenvalue weighted by Crippen LogP contribution is -2.43. The molecule has 1 aliphatic heterocycles. The van der Waals surface area contributed by atoms with Crippen LogP contribution in [0.1, 0.15) is 0 Å². The van der Waals surface area contributed by atoms with E-state index in [2.05, 4.69) is 0 Å². The Morgan fingerprint density at radius 1 is 1.64 bits per heavy atom. The van der Waals surface area contributed by atoms with Gasteiger partial charge in [-0.2, -0.15) is 0 Å². The van der Waals surface area contributed by atoms with Gasteiger partial charge in [-0.05, 0) is 0 Å². The van der Waals surface area contributed by atoms with Crippen LogP contribution < -0.4 is 5.73 Å². The van der Waals surface area contributed by atoms with Crippen LogP contribution in [0.4, 0.5) is 0 Å². The first-order chi connectivity index (χ1) is 5.13. The molecule has 1 rings (SSSR count). The van der Waals surface area contributed by atoms with E-state index in [9.17, 15) is 4.79 Å². The molecule has 1 saturated heterocycles. The SMILES string of the molecule is NC(C(=O)O)[C@@H]1COC[C@H]1O. The van der Waals surface area contributed by atoms with Crippen molar-refractivity contribution in [2.75, 3.05) is 13.2 Å². The molecule has 0 bridgehead atoms. The van der Waals surface area contributed by atoms with Crippen molar-refractivity contribution < 1.29 is 19.7 Å². The minimum atomic E-state index is -1.10. The summed E-state index contributed by atoms with van der Waals surface area (Å²) in [6, 6.07) is -1.02. The number of nitrogens with two attached hydrogens (primary N) is 1. The van der Waals surface area contributed by atoms with Crippen molar-refractivity contribution in [1.82, 2.24) is 0 Å². The molecule has 0 aromatic rings. The molecule has 3 atom stereocenters. The third kappa shape index (κ3) is 1.68. The molecule has 64 valence electrons. The zero-order chi connectivity index (χ0) is 8.43. The van der Waals surface area contributed by atoms with Crippen molar-refractivity contribution in [2.24, 2.45) is 11.7 Å². The summed E-state index contributed by atoms with van der Waals surface area (Å²) in [7, 11) is 0. The zero-order valence-corrected chi connectivity index (χ0v) is 5.93. The molecule has 1 unspecified atom stereocenters. The van der Waals surface area contributed by atoms with Crippen molar-refractivity contribution in [3.8, 4) is 0 Å². The van der Waals surface area contributed by atoms with Gasteiger partial charge in [-0.1, -0.05) is 0 Å². The van der Waals surface area contributed by atoms with Gasteiger partial charge in [-0.15, -0.1) is 0 Å². The minimum absolute atomic E-state index is 0.186. The van der Waals surface area contributed by atoms with Gasteiger partial charge in [0.25, 0.3) is 0 Å². The molecule has 0 radical (unpaired) electrons. The van der Waals surface area contributed by atoms with E-state index < -0.39 is 24.0 Å². The largest absolute Gasteiger partial charge is 0.480 e. The normalized spacial score (nSPS) is 33.6. The monoisotopic (exact) mass is 161 g/mol. The van der Waals surface area contributed by atoms with Crippen LogP contribution in [-0.4, -0.2) is 41.5 Å². The first-order valence-corrected chi connectivity index (χ1v) is 3.37. The quantitative estimate of drug-likeness (QED) is 0.454. The number of aliphatic hydroxyl groups is 1. The highest BCUT2D eigenvalue weighted by atomic mass is 16.5. The zero-order valence-electron chi connectivity index (χ0n) is 5.93. The van der Waals surface area contributed by atoms with Crippen molar-refractivity contribution in [3.05, 3.63) is 0 Å². The van der Waals surface area contributed by atoms with Crippen LogP contribution in [0.3, 0.4) is 0 Å². The second-order valence-electron chi connectivity index (χ2n) is 2.63. The molecule has 1 aliphatic rings. The first-order valence-electron chi connectivity index (χ1n) is 3.37. The average molecular weight is 161 g/mol. The summed E-state index contributed by atoms with van der Waals surface area (Å²) < 4.78 is 4.85. The second kappa shape index (κ2) is 3.17. The van der Waals surface area contributed by atoms with Gasteiger partial charge in [0.05, 0.1) is 19.3 Å². The Morgan fingerprint density at radius 3 is 2.64 bits per heavy atom. The Morgan fingerprint density at radius 2 is 2.27 bits per heavy atom. The van der Waals surface area contributed by atoms with Crippen LogP contribution in [0, 0.1) is 5.92 Å². The van der Waals surface area contributed by atoms with Crippen molar-refractivity contribution >= 4 is 5.97 Å². The molecule has 1 heterocycles. The highest BCUT2D eigenvalue weighted by molar-refractivity contribution is 5.73. The van der Waals surface area contributed by atoms with E-state index >= 15 is 0 Å². The standard InChI is InChI=1S/C6H11NO4/c7-5(6(9)10)3-1-11-2-4(3)8/h3-5,8H,1-2,7H2,(H,9,10)/t3-,4-,5?/m1/s1. The lowest BCUT2D eigenvalue weighted by atomic mass is 9.98. The predicted molar refractivity (Wildman–Crippen MR) is 35.9 cm³/mol. The molecule has 1 fully saturated rings. The molecule has 5 heteroatoms. The minimum Gasteiger partial charge on any atom is -0.480 e. The molecule has 11 heavy (non-hydrogen) atoms. The van der Waals surface area contributed by atoms with Crippen LogP contribution in [0.5, 0.6) is 0 Å². The molecular weight excluding hydrogens is 150 g/mol. The summed E-state index contributed by atoms with van der Waals surface area (Å²) in [5.74, 6) is -1.56. The summed E-state index contributed by atoms with van der Waals surface area (Å²) in [6.07, 6.45) is -0.735. The van der Waals surface area contributed by atoms with Gasteiger partial charge in [0.1, 0.15) is 6.04 Å². The lowest BCUT2D eigenvalue weighted by molar-refractivity contribution is -0.140. The predicted octanol–water partition coefficient (Wildman–Crippen LogP) is -1.59. The molecule has 4 N–H and O–H groups in total. The third-order valence-electron chi connectivity index (χ3n) is 1.84. The smallest absolute Gasteiger partial charge is 0.320 e. The number of aliphatic carboxylic acids is 1. The Labute approximate surface area is 63.8 Å². The number of carboxylic acids is 1. The Bertz CT molecular complexity index is 161. The molecule has 0 amide bonds. The molecule has 0 spiro atoms. The summed E-state index contributed by atoms with van der Waals surface area (Å²) in [4.78, 5) is 10.3.